The second-order valence-corrected chi connectivity index (χ2v) is 7.46. The van der Waals surface area contributed by atoms with Crippen molar-refractivity contribution in [1.29, 1.82) is 0 Å². The van der Waals surface area contributed by atoms with Crippen LogP contribution in [0.3, 0.4) is 0 Å². The number of thiophene rings is 1. The zero-order chi connectivity index (χ0) is 18.1. The van der Waals surface area contributed by atoms with Gasteiger partial charge in [-0.2, -0.15) is 0 Å². The predicted molar refractivity (Wildman–Crippen MR) is 116 cm³/mol. The first-order chi connectivity index (χ1) is 13.4. The van der Waals surface area contributed by atoms with Gasteiger partial charge in [0.1, 0.15) is 0 Å². The third-order valence-corrected chi connectivity index (χ3v) is 6.06. The molecule has 1 nitrogen and oxygen atoms in total. The van der Waals surface area contributed by atoms with Gasteiger partial charge in [-0.15, -0.1) is 11.3 Å². The summed E-state index contributed by atoms with van der Waals surface area (Å²) >= 11 is 1.85. The molecule has 0 spiro atoms. The van der Waals surface area contributed by atoms with E-state index in [-0.39, 0.29) is 0 Å². The summed E-state index contributed by atoms with van der Waals surface area (Å²) in [5, 5.41) is 2.58. The fraction of sp³-hybridized carbons (Fsp3) is 0. The summed E-state index contributed by atoms with van der Waals surface area (Å²) in [7, 11) is 0. The molecule has 0 aliphatic heterocycles. The summed E-state index contributed by atoms with van der Waals surface area (Å²) in [4.78, 5) is 7.30. The maximum Gasteiger partial charge on any atom is 0.0788 e. The van der Waals surface area contributed by atoms with Crippen LogP contribution in [0, 0.1) is 0 Å². The van der Waals surface area contributed by atoms with Crippen molar-refractivity contribution in [1.82, 2.24) is 4.98 Å². The van der Waals surface area contributed by atoms with Crippen LogP contribution in [0.25, 0.3) is 42.9 Å². The Morgan fingerprint density at radius 3 is 1.81 bits per heavy atom. The fourth-order valence-electron chi connectivity index (χ4n) is 3.51. The molecule has 0 saturated carbocycles. The number of benzene rings is 3. The number of fused-ring (bicyclic) bond motifs is 1. The van der Waals surface area contributed by atoms with Crippen LogP contribution in [-0.4, -0.2) is 4.98 Å². The summed E-state index contributed by atoms with van der Waals surface area (Å²) in [5.41, 5.74) is 4.62. The highest BCUT2D eigenvalue weighted by Crippen LogP contribution is 2.45. The first kappa shape index (κ1) is 16.0. The van der Waals surface area contributed by atoms with Crippen LogP contribution >= 0.6 is 11.3 Å². The molecular formula is C25H17NS. The lowest BCUT2D eigenvalue weighted by Crippen LogP contribution is -1.87. The molecule has 0 radical (unpaired) electrons. The van der Waals surface area contributed by atoms with E-state index in [9.17, 15) is 0 Å². The third-order valence-electron chi connectivity index (χ3n) is 4.76. The van der Waals surface area contributed by atoms with Gasteiger partial charge in [-0.1, -0.05) is 84.9 Å². The predicted octanol–water partition coefficient (Wildman–Crippen LogP) is 7.30. The van der Waals surface area contributed by atoms with Crippen molar-refractivity contribution >= 4 is 22.1 Å². The normalized spacial score (nSPS) is 11.0. The molecule has 128 valence electrons. The molecule has 0 aliphatic carbocycles. The van der Waals surface area contributed by atoms with Crippen molar-refractivity contribution in [3.05, 3.63) is 103 Å². The molecule has 3 aromatic carbocycles. The van der Waals surface area contributed by atoms with Gasteiger partial charge >= 0.3 is 0 Å². The zero-order valence-corrected chi connectivity index (χ0v) is 15.5. The highest BCUT2D eigenvalue weighted by molar-refractivity contribution is 7.21. The SMILES string of the molecule is c1ccc(-c2ncccc2-c2sc(-c3ccccc3)c3ccccc23)cc1. The van der Waals surface area contributed by atoms with Crippen molar-refractivity contribution in [2.45, 2.75) is 0 Å². The molecule has 0 fully saturated rings. The third kappa shape index (κ3) is 2.84. The largest absolute Gasteiger partial charge is 0.256 e. The summed E-state index contributed by atoms with van der Waals surface area (Å²) in [5.74, 6) is 0. The zero-order valence-electron chi connectivity index (χ0n) is 14.7. The molecule has 5 aromatic rings. The molecule has 2 heteroatoms. The standard InChI is InChI=1S/C25H17NS/c1-3-10-18(11-4-1)23-22(16-9-17-26-23)25-21-15-8-7-14-20(21)24(27-25)19-12-5-2-6-13-19/h1-17H. The minimum atomic E-state index is 1.03. The van der Waals surface area contributed by atoms with E-state index in [1.54, 1.807) is 0 Å². The number of rotatable bonds is 3. The first-order valence-corrected chi connectivity index (χ1v) is 9.81. The van der Waals surface area contributed by atoms with Crippen molar-refractivity contribution in [2.24, 2.45) is 0 Å². The van der Waals surface area contributed by atoms with Crippen LogP contribution < -0.4 is 0 Å². The molecular weight excluding hydrogens is 346 g/mol. The Bertz CT molecular complexity index is 1210. The Balaban J connectivity index is 1.79. The van der Waals surface area contributed by atoms with Crippen molar-refractivity contribution in [2.75, 3.05) is 0 Å². The fourth-order valence-corrected chi connectivity index (χ4v) is 4.82. The molecule has 0 saturated heterocycles. The monoisotopic (exact) mass is 363 g/mol. The number of hydrogen-bond donors (Lipinski definition) is 0. The number of hydrogen-bond acceptors (Lipinski definition) is 2. The lowest BCUT2D eigenvalue weighted by atomic mass is 10.0. The average molecular weight is 363 g/mol. The van der Waals surface area contributed by atoms with E-state index in [1.807, 2.05) is 29.7 Å². The van der Waals surface area contributed by atoms with Crippen molar-refractivity contribution in [3.63, 3.8) is 0 Å². The van der Waals surface area contributed by atoms with Gasteiger partial charge < -0.3 is 0 Å². The van der Waals surface area contributed by atoms with Crippen LogP contribution in [0.5, 0.6) is 0 Å². The molecule has 27 heavy (non-hydrogen) atoms. The quantitative estimate of drug-likeness (QED) is 0.328. The van der Waals surface area contributed by atoms with Crippen LogP contribution in [0.4, 0.5) is 0 Å². The lowest BCUT2D eigenvalue weighted by Gasteiger charge is -2.07. The van der Waals surface area contributed by atoms with Crippen LogP contribution in [0.1, 0.15) is 0 Å². The Morgan fingerprint density at radius 2 is 1.11 bits per heavy atom. The molecule has 0 atom stereocenters. The summed E-state index contributed by atoms with van der Waals surface area (Å²) in [6, 6.07) is 33.9. The van der Waals surface area contributed by atoms with Gasteiger partial charge in [0.2, 0.25) is 0 Å². The second kappa shape index (κ2) is 6.82. The van der Waals surface area contributed by atoms with Gasteiger partial charge in [-0.05, 0) is 17.7 Å². The van der Waals surface area contributed by atoms with Gasteiger partial charge in [-0.25, -0.2) is 0 Å². The molecule has 2 heterocycles. The first-order valence-electron chi connectivity index (χ1n) is 8.99. The molecule has 2 aromatic heterocycles. The second-order valence-electron chi connectivity index (χ2n) is 6.44. The number of pyridine rings is 1. The molecule has 0 unspecified atom stereocenters. The minimum Gasteiger partial charge on any atom is -0.256 e. The molecule has 0 bridgehead atoms. The summed E-state index contributed by atoms with van der Waals surface area (Å²) < 4.78 is 0. The van der Waals surface area contributed by atoms with Crippen LogP contribution in [0.15, 0.2) is 103 Å². The van der Waals surface area contributed by atoms with Crippen LogP contribution in [-0.2, 0) is 0 Å². The van der Waals surface area contributed by atoms with Gasteiger partial charge in [0.25, 0.3) is 0 Å². The van der Waals surface area contributed by atoms with E-state index in [2.05, 4.69) is 84.9 Å². The summed E-state index contributed by atoms with van der Waals surface area (Å²) in [6.07, 6.45) is 1.87. The molecule has 5 rings (SSSR count). The Morgan fingerprint density at radius 1 is 0.519 bits per heavy atom. The van der Waals surface area contributed by atoms with E-state index < -0.39 is 0 Å². The van der Waals surface area contributed by atoms with E-state index in [4.69, 9.17) is 4.98 Å². The van der Waals surface area contributed by atoms with Crippen molar-refractivity contribution in [3.8, 4) is 32.1 Å². The maximum absolute atomic E-state index is 4.72. The maximum atomic E-state index is 4.72. The smallest absolute Gasteiger partial charge is 0.0788 e. The highest BCUT2D eigenvalue weighted by atomic mass is 32.1. The molecule has 0 N–H and O–H groups in total. The molecule has 0 aliphatic rings. The Hall–Kier alpha value is -3.23. The van der Waals surface area contributed by atoms with Gasteiger partial charge in [0.05, 0.1) is 5.69 Å². The van der Waals surface area contributed by atoms with Gasteiger partial charge in [-0.3, -0.25) is 4.98 Å². The number of nitrogens with zero attached hydrogens (tertiary/aromatic N) is 1. The van der Waals surface area contributed by atoms with Crippen molar-refractivity contribution < 1.29 is 0 Å². The minimum absolute atomic E-state index is 1.03. The van der Waals surface area contributed by atoms with E-state index in [0.717, 1.165) is 11.3 Å². The lowest BCUT2D eigenvalue weighted by molar-refractivity contribution is 1.33. The Kier molecular flexibility index (Phi) is 4.04. The van der Waals surface area contributed by atoms with E-state index in [0.29, 0.717) is 0 Å². The number of aromatic nitrogens is 1. The van der Waals surface area contributed by atoms with Gasteiger partial charge in [0, 0.05) is 37.9 Å². The molecule has 0 amide bonds. The average Bonchev–Trinajstić information content (AvgIpc) is 3.15. The van der Waals surface area contributed by atoms with E-state index >= 15 is 0 Å². The highest BCUT2D eigenvalue weighted by Gasteiger charge is 2.17. The topological polar surface area (TPSA) is 12.9 Å². The Labute approximate surface area is 162 Å². The summed E-state index contributed by atoms with van der Waals surface area (Å²) in [6.45, 7) is 0. The van der Waals surface area contributed by atoms with E-state index in [1.165, 1.54) is 31.7 Å². The van der Waals surface area contributed by atoms with Gasteiger partial charge in [0.15, 0.2) is 0 Å². The van der Waals surface area contributed by atoms with Crippen LogP contribution in [0.2, 0.25) is 0 Å².